The highest BCUT2D eigenvalue weighted by atomic mass is 19.1. The van der Waals surface area contributed by atoms with E-state index in [9.17, 15) is 4.39 Å². The minimum Gasteiger partial charge on any atom is -0.368 e. The standard InChI is InChI=1S/C16H26FN3/c1-5-10-18-15-13(17)11(2)19-14(20-15)12-6-8-16(3,4)9-7-12/h12H,5-10H2,1-4H3,(H,18,19,20). The molecule has 1 heterocycles. The van der Waals surface area contributed by atoms with E-state index in [1.54, 1.807) is 6.92 Å². The van der Waals surface area contributed by atoms with Crippen LogP contribution in [0.4, 0.5) is 10.2 Å². The van der Waals surface area contributed by atoms with Gasteiger partial charge in [0.25, 0.3) is 0 Å². The second kappa shape index (κ2) is 6.06. The highest BCUT2D eigenvalue weighted by Crippen LogP contribution is 2.41. The van der Waals surface area contributed by atoms with Crippen LogP contribution in [0.1, 0.15) is 70.3 Å². The van der Waals surface area contributed by atoms with E-state index >= 15 is 0 Å². The number of aryl methyl sites for hydroxylation is 1. The average Bonchev–Trinajstić information content (AvgIpc) is 2.40. The number of anilines is 1. The van der Waals surface area contributed by atoms with Gasteiger partial charge in [-0.05, 0) is 44.4 Å². The molecule has 0 bridgehead atoms. The highest BCUT2D eigenvalue weighted by molar-refractivity contribution is 5.38. The average molecular weight is 279 g/mol. The van der Waals surface area contributed by atoms with Crippen molar-refractivity contribution in [2.24, 2.45) is 5.41 Å². The summed E-state index contributed by atoms with van der Waals surface area (Å²) in [6, 6.07) is 0. The molecule has 0 saturated heterocycles. The molecule has 112 valence electrons. The summed E-state index contributed by atoms with van der Waals surface area (Å²) >= 11 is 0. The van der Waals surface area contributed by atoms with Gasteiger partial charge in [-0.25, -0.2) is 14.4 Å². The first kappa shape index (κ1) is 15.2. The van der Waals surface area contributed by atoms with E-state index in [0.29, 0.717) is 22.8 Å². The van der Waals surface area contributed by atoms with Crippen LogP contribution in [0.25, 0.3) is 0 Å². The lowest BCUT2D eigenvalue weighted by atomic mass is 9.73. The van der Waals surface area contributed by atoms with Crippen LogP contribution in [-0.2, 0) is 0 Å². The Hall–Kier alpha value is -1.19. The van der Waals surface area contributed by atoms with Crippen LogP contribution in [0.3, 0.4) is 0 Å². The molecule has 1 aliphatic rings. The van der Waals surface area contributed by atoms with Gasteiger partial charge in [-0.2, -0.15) is 0 Å². The normalized spacial score (nSPS) is 19.1. The van der Waals surface area contributed by atoms with Gasteiger partial charge in [0.15, 0.2) is 11.6 Å². The van der Waals surface area contributed by atoms with E-state index in [1.165, 1.54) is 12.8 Å². The Morgan fingerprint density at radius 2 is 1.90 bits per heavy atom. The van der Waals surface area contributed by atoms with Gasteiger partial charge in [0.1, 0.15) is 5.82 Å². The van der Waals surface area contributed by atoms with Crippen molar-refractivity contribution in [2.45, 2.75) is 65.7 Å². The van der Waals surface area contributed by atoms with Crippen LogP contribution in [-0.4, -0.2) is 16.5 Å². The molecule has 20 heavy (non-hydrogen) atoms. The van der Waals surface area contributed by atoms with E-state index in [0.717, 1.165) is 31.6 Å². The largest absolute Gasteiger partial charge is 0.368 e. The molecule has 0 atom stereocenters. The molecule has 1 aromatic heterocycles. The van der Waals surface area contributed by atoms with Crippen molar-refractivity contribution in [1.82, 2.24) is 9.97 Å². The number of hydrogen-bond donors (Lipinski definition) is 1. The summed E-state index contributed by atoms with van der Waals surface area (Å²) in [6.45, 7) is 9.15. The van der Waals surface area contributed by atoms with E-state index in [1.807, 2.05) is 0 Å². The van der Waals surface area contributed by atoms with Crippen LogP contribution in [0.15, 0.2) is 0 Å². The van der Waals surface area contributed by atoms with Crippen LogP contribution >= 0.6 is 0 Å². The summed E-state index contributed by atoms with van der Waals surface area (Å²) in [5.74, 6) is 1.26. The lowest BCUT2D eigenvalue weighted by Crippen LogP contribution is -2.22. The fourth-order valence-electron chi connectivity index (χ4n) is 2.78. The van der Waals surface area contributed by atoms with Gasteiger partial charge in [-0.3, -0.25) is 0 Å². The second-order valence-electron chi connectivity index (χ2n) is 6.70. The monoisotopic (exact) mass is 279 g/mol. The summed E-state index contributed by atoms with van der Waals surface area (Å²) in [7, 11) is 0. The predicted molar refractivity (Wildman–Crippen MR) is 80.5 cm³/mol. The maximum absolute atomic E-state index is 14.0. The summed E-state index contributed by atoms with van der Waals surface area (Å²) in [5.41, 5.74) is 0.882. The van der Waals surface area contributed by atoms with Gasteiger partial charge in [0.2, 0.25) is 0 Å². The number of halogens is 1. The molecular formula is C16H26FN3. The molecule has 0 aromatic carbocycles. The van der Waals surface area contributed by atoms with Crippen molar-refractivity contribution in [3.63, 3.8) is 0 Å². The predicted octanol–water partition coefficient (Wildman–Crippen LogP) is 4.43. The third kappa shape index (κ3) is 3.47. The van der Waals surface area contributed by atoms with Gasteiger partial charge in [0, 0.05) is 12.5 Å². The molecular weight excluding hydrogens is 253 g/mol. The third-order valence-corrected chi connectivity index (χ3v) is 4.28. The summed E-state index contributed by atoms with van der Waals surface area (Å²) in [5, 5.41) is 3.07. The van der Waals surface area contributed by atoms with Crippen molar-refractivity contribution in [1.29, 1.82) is 0 Å². The topological polar surface area (TPSA) is 37.8 Å². The van der Waals surface area contributed by atoms with Crippen molar-refractivity contribution < 1.29 is 4.39 Å². The Labute approximate surface area is 121 Å². The van der Waals surface area contributed by atoms with Crippen molar-refractivity contribution in [2.75, 3.05) is 11.9 Å². The first-order chi connectivity index (χ1) is 9.43. The molecule has 1 aliphatic carbocycles. The number of nitrogens with one attached hydrogen (secondary N) is 1. The SMILES string of the molecule is CCCNc1nc(C2CCC(C)(C)CC2)nc(C)c1F. The van der Waals surface area contributed by atoms with E-state index in [-0.39, 0.29) is 5.82 Å². The molecule has 1 aromatic rings. The number of rotatable bonds is 4. The maximum atomic E-state index is 14.0. The third-order valence-electron chi connectivity index (χ3n) is 4.28. The fourth-order valence-corrected chi connectivity index (χ4v) is 2.78. The van der Waals surface area contributed by atoms with E-state index in [4.69, 9.17) is 0 Å². The molecule has 0 unspecified atom stereocenters. The fraction of sp³-hybridized carbons (Fsp3) is 0.750. The zero-order valence-electron chi connectivity index (χ0n) is 13.1. The van der Waals surface area contributed by atoms with Crippen LogP contribution in [0.2, 0.25) is 0 Å². The minimum absolute atomic E-state index is 0.307. The van der Waals surface area contributed by atoms with Gasteiger partial charge < -0.3 is 5.32 Å². The quantitative estimate of drug-likeness (QED) is 0.886. The van der Waals surface area contributed by atoms with Crippen LogP contribution in [0, 0.1) is 18.2 Å². The molecule has 4 heteroatoms. The van der Waals surface area contributed by atoms with Gasteiger partial charge in [-0.15, -0.1) is 0 Å². The lowest BCUT2D eigenvalue weighted by molar-refractivity contribution is 0.220. The zero-order chi connectivity index (χ0) is 14.8. The number of hydrogen-bond acceptors (Lipinski definition) is 3. The molecule has 0 aliphatic heterocycles. The molecule has 0 radical (unpaired) electrons. The molecule has 0 spiro atoms. The van der Waals surface area contributed by atoms with Gasteiger partial charge >= 0.3 is 0 Å². The molecule has 1 fully saturated rings. The molecule has 0 amide bonds. The zero-order valence-corrected chi connectivity index (χ0v) is 13.1. The Balaban J connectivity index is 2.18. The molecule has 1 saturated carbocycles. The molecule has 3 nitrogen and oxygen atoms in total. The second-order valence-corrected chi connectivity index (χ2v) is 6.70. The summed E-state index contributed by atoms with van der Waals surface area (Å²) in [6.07, 6.45) is 5.54. The van der Waals surface area contributed by atoms with E-state index in [2.05, 4.69) is 36.1 Å². The van der Waals surface area contributed by atoms with Crippen molar-refractivity contribution in [3.05, 3.63) is 17.3 Å². The minimum atomic E-state index is -0.307. The van der Waals surface area contributed by atoms with Crippen LogP contribution in [0.5, 0.6) is 0 Å². The summed E-state index contributed by atoms with van der Waals surface area (Å²) in [4.78, 5) is 8.83. The number of nitrogens with zero attached hydrogens (tertiary/aromatic N) is 2. The highest BCUT2D eigenvalue weighted by Gasteiger charge is 2.29. The Bertz CT molecular complexity index is 461. The maximum Gasteiger partial charge on any atom is 0.186 e. The van der Waals surface area contributed by atoms with Gasteiger partial charge in [0.05, 0.1) is 5.69 Å². The molecule has 1 N–H and O–H groups in total. The Morgan fingerprint density at radius 3 is 2.50 bits per heavy atom. The smallest absolute Gasteiger partial charge is 0.186 e. The Kier molecular flexibility index (Phi) is 4.61. The molecule has 2 rings (SSSR count). The first-order valence-corrected chi connectivity index (χ1v) is 7.71. The first-order valence-electron chi connectivity index (χ1n) is 7.71. The lowest BCUT2D eigenvalue weighted by Gasteiger charge is -2.33. The van der Waals surface area contributed by atoms with Crippen LogP contribution < -0.4 is 5.32 Å². The summed E-state index contributed by atoms with van der Waals surface area (Å²) < 4.78 is 14.0. The van der Waals surface area contributed by atoms with Crippen molar-refractivity contribution >= 4 is 5.82 Å². The van der Waals surface area contributed by atoms with E-state index < -0.39 is 0 Å². The number of aromatic nitrogens is 2. The van der Waals surface area contributed by atoms with Gasteiger partial charge in [-0.1, -0.05) is 20.8 Å². The van der Waals surface area contributed by atoms with Crippen molar-refractivity contribution in [3.8, 4) is 0 Å². The Morgan fingerprint density at radius 1 is 1.25 bits per heavy atom.